The number of benzene rings is 1. The minimum Gasteiger partial charge on any atom is -0.491 e. The van der Waals surface area contributed by atoms with Crippen LogP contribution in [0.25, 0.3) is 32.2 Å². The SMILES string of the molecule is COC1=CC(=O)N(Cc2cc3nccc(-c4cc(Cl)cc5ccn(CC6(C#N)CCNCC6)c45)c3s2)C1=O.O=C(O)C(F)(F)F. The van der Waals surface area contributed by atoms with Crippen molar-refractivity contribution in [1.29, 1.82) is 5.26 Å². The Kier molecular flexibility index (Phi) is 8.88. The number of carbonyl (C=O) groups excluding carboxylic acids is 2. The molecule has 5 heterocycles. The van der Waals surface area contributed by atoms with Crippen molar-refractivity contribution < 1.29 is 37.4 Å². The van der Waals surface area contributed by atoms with Crippen LogP contribution < -0.4 is 5.32 Å². The number of imide groups is 1. The second kappa shape index (κ2) is 12.5. The zero-order chi connectivity index (χ0) is 32.5. The van der Waals surface area contributed by atoms with Gasteiger partial charge in [-0.05, 0) is 56.3 Å². The molecule has 0 atom stereocenters. The largest absolute Gasteiger partial charge is 0.491 e. The first-order chi connectivity index (χ1) is 21.4. The molecule has 2 amide bonds. The number of fused-ring (bicyclic) bond motifs is 2. The highest BCUT2D eigenvalue weighted by molar-refractivity contribution is 7.19. The molecule has 1 aromatic carbocycles. The fourth-order valence-corrected chi connectivity index (χ4v) is 6.76. The molecular weight excluding hydrogens is 635 g/mol. The number of amides is 2. The summed E-state index contributed by atoms with van der Waals surface area (Å²) in [6.45, 7) is 2.40. The average molecular weight is 660 g/mol. The Morgan fingerprint density at radius 3 is 2.56 bits per heavy atom. The molecule has 0 unspecified atom stereocenters. The molecular formula is C30H25ClF3N5O5S. The molecule has 1 saturated heterocycles. The molecule has 15 heteroatoms. The lowest BCUT2D eigenvalue weighted by Crippen LogP contribution is -2.38. The monoisotopic (exact) mass is 659 g/mol. The number of alkyl halides is 3. The van der Waals surface area contributed by atoms with E-state index in [1.54, 1.807) is 6.20 Å². The average Bonchev–Trinajstić information content (AvgIpc) is 3.68. The van der Waals surface area contributed by atoms with Crippen LogP contribution in [0.5, 0.6) is 0 Å². The van der Waals surface area contributed by atoms with E-state index < -0.39 is 29.4 Å². The van der Waals surface area contributed by atoms with Gasteiger partial charge in [-0.15, -0.1) is 11.3 Å². The number of halogens is 4. The summed E-state index contributed by atoms with van der Waals surface area (Å²) >= 11 is 8.07. The van der Waals surface area contributed by atoms with Crippen LogP contribution in [0.1, 0.15) is 17.7 Å². The normalized spacial score (nSPS) is 16.4. The number of hydrogen-bond donors (Lipinski definition) is 2. The molecule has 1 fully saturated rings. The van der Waals surface area contributed by atoms with Crippen LogP contribution in [0.4, 0.5) is 13.2 Å². The molecule has 0 saturated carbocycles. The smallest absolute Gasteiger partial charge is 0.490 e. The van der Waals surface area contributed by atoms with Crippen LogP contribution in [-0.4, -0.2) is 63.7 Å². The quantitative estimate of drug-likeness (QED) is 0.259. The molecule has 45 heavy (non-hydrogen) atoms. The molecule has 10 nitrogen and oxygen atoms in total. The third-order valence-corrected chi connectivity index (χ3v) is 8.96. The molecule has 2 N–H and O–H groups in total. The van der Waals surface area contributed by atoms with E-state index in [2.05, 4.69) is 20.9 Å². The molecule has 0 bridgehead atoms. The van der Waals surface area contributed by atoms with Gasteiger partial charge < -0.3 is 19.7 Å². The number of methoxy groups -OCH3 is 1. The highest BCUT2D eigenvalue weighted by Crippen LogP contribution is 2.41. The maximum Gasteiger partial charge on any atom is 0.490 e. The van der Waals surface area contributed by atoms with Gasteiger partial charge in [0.25, 0.3) is 11.8 Å². The van der Waals surface area contributed by atoms with Gasteiger partial charge in [-0.1, -0.05) is 11.6 Å². The van der Waals surface area contributed by atoms with E-state index in [4.69, 9.17) is 26.2 Å². The zero-order valence-corrected chi connectivity index (χ0v) is 25.2. The number of hydrogen-bond acceptors (Lipinski definition) is 8. The molecule has 0 radical (unpaired) electrons. The van der Waals surface area contributed by atoms with Gasteiger partial charge in [-0.2, -0.15) is 18.4 Å². The number of nitrogens with one attached hydrogen (secondary N) is 1. The van der Waals surface area contributed by atoms with Crippen molar-refractivity contribution in [1.82, 2.24) is 19.8 Å². The Balaban J connectivity index is 0.000000515. The number of rotatable bonds is 6. The van der Waals surface area contributed by atoms with E-state index in [0.29, 0.717) is 11.6 Å². The lowest BCUT2D eigenvalue weighted by molar-refractivity contribution is -0.192. The standard InChI is InChI=1S/C28H24ClN5O3S.C2HF3O2/c1-37-23-13-24(35)34(27(23)36)14-19-12-22-26(38-19)20(2-6-32-22)21-11-18(29)10-17-3-9-33(25(17)21)16-28(15-30)4-7-31-8-5-28;3-2(4,5)1(6)7/h2-3,6,9-13,31H,4-5,7-8,14,16H2,1H3;(H,6,7). The summed E-state index contributed by atoms with van der Waals surface area (Å²) in [4.78, 5) is 40.3. The lowest BCUT2D eigenvalue weighted by atomic mass is 9.80. The highest BCUT2D eigenvalue weighted by Gasteiger charge is 2.38. The Labute approximate surface area is 263 Å². The van der Waals surface area contributed by atoms with Crippen LogP contribution >= 0.6 is 22.9 Å². The van der Waals surface area contributed by atoms with Gasteiger partial charge in [0.2, 0.25) is 0 Å². The number of aromatic nitrogens is 2. The molecule has 2 aliphatic heterocycles. The van der Waals surface area contributed by atoms with E-state index in [-0.39, 0.29) is 12.3 Å². The summed E-state index contributed by atoms with van der Waals surface area (Å²) in [5, 5.41) is 22.2. The Morgan fingerprint density at radius 2 is 1.93 bits per heavy atom. The molecule has 234 valence electrons. The van der Waals surface area contributed by atoms with Crippen molar-refractivity contribution in [3.05, 3.63) is 64.5 Å². The summed E-state index contributed by atoms with van der Waals surface area (Å²) in [7, 11) is 1.38. The van der Waals surface area contributed by atoms with Gasteiger partial charge in [0.05, 0.1) is 46.9 Å². The third-order valence-electron chi connectivity index (χ3n) is 7.60. The van der Waals surface area contributed by atoms with Crippen LogP contribution in [0.2, 0.25) is 5.02 Å². The summed E-state index contributed by atoms with van der Waals surface area (Å²) in [5.74, 6) is -3.55. The number of aliphatic carboxylic acids is 1. The maximum absolute atomic E-state index is 12.5. The predicted molar refractivity (Wildman–Crippen MR) is 160 cm³/mol. The van der Waals surface area contributed by atoms with E-state index in [1.807, 2.05) is 36.5 Å². The molecule has 2 aliphatic rings. The van der Waals surface area contributed by atoms with Crippen molar-refractivity contribution in [2.75, 3.05) is 20.2 Å². The van der Waals surface area contributed by atoms with Gasteiger partial charge in [-0.3, -0.25) is 19.5 Å². The molecule has 0 aliphatic carbocycles. The third kappa shape index (κ3) is 6.51. The van der Waals surface area contributed by atoms with Gasteiger partial charge in [0, 0.05) is 45.4 Å². The Morgan fingerprint density at radius 1 is 1.22 bits per heavy atom. The first-order valence-electron chi connectivity index (χ1n) is 13.6. The van der Waals surface area contributed by atoms with E-state index in [9.17, 15) is 28.0 Å². The van der Waals surface area contributed by atoms with E-state index in [1.165, 1.54) is 29.4 Å². The van der Waals surface area contributed by atoms with Gasteiger partial charge >= 0.3 is 12.1 Å². The lowest BCUT2D eigenvalue weighted by Gasteiger charge is -2.32. The van der Waals surface area contributed by atoms with Crippen molar-refractivity contribution >= 4 is 61.8 Å². The second-order valence-corrected chi connectivity index (χ2v) is 12.1. The number of pyridine rings is 1. The van der Waals surface area contributed by atoms with Crippen molar-refractivity contribution in [2.24, 2.45) is 5.41 Å². The minimum absolute atomic E-state index is 0.0425. The number of carboxylic acid groups (broad SMARTS) is 1. The fraction of sp³-hybridized carbons (Fsp3) is 0.300. The van der Waals surface area contributed by atoms with Crippen molar-refractivity contribution in [3.8, 4) is 17.2 Å². The van der Waals surface area contributed by atoms with Gasteiger partial charge in [0.15, 0.2) is 5.76 Å². The molecule has 0 spiro atoms. The van der Waals surface area contributed by atoms with Crippen LogP contribution in [0, 0.1) is 16.7 Å². The van der Waals surface area contributed by atoms with Crippen molar-refractivity contribution in [2.45, 2.75) is 32.1 Å². The summed E-state index contributed by atoms with van der Waals surface area (Å²) in [6, 6.07) is 12.4. The number of ether oxygens (including phenoxy) is 1. The summed E-state index contributed by atoms with van der Waals surface area (Å²) in [6.07, 6.45) is 1.52. The van der Waals surface area contributed by atoms with Gasteiger partial charge in [-0.25, -0.2) is 4.79 Å². The fourth-order valence-electron chi connectivity index (χ4n) is 5.40. The van der Waals surface area contributed by atoms with Crippen LogP contribution in [0.3, 0.4) is 0 Å². The number of thiophene rings is 1. The number of nitriles is 1. The predicted octanol–water partition coefficient (Wildman–Crippen LogP) is 5.50. The Hall–Kier alpha value is -4.45. The number of carboxylic acids is 1. The Bertz CT molecular complexity index is 1890. The highest BCUT2D eigenvalue weighted by atomic mass is 35.5. The van der Waals surface area contributed by atoms with Crippen molar-refractivity contribution in [3.63, 3.8) is 0 Å². The van der Waals surface area contributed by atoms with Gasteiger partial charge in [0.1, 0.15) is 0 Å². The second-order valence-electron chi connectivity index (χ2n) is 10.5. The molecule has 6 rings (SSSR count). The molecule has 4 aromatic rings. The first kappa shape index (κ1) is 32.0. The van der Waals surface area contributed by atoms with E-state index in [0.717, 1.165) is 63.1 Å². The minimum atomic E-state index is -5.08. The van der Waals surface area contributed by atoms with Crippen LogP contribution in [0.15, 0.2) is 54.6 Å². The summed E-state index contributed by atoms with van der Waals surface area (Å²) in [5.41, 5.74) is 3.28. The number of piperidine rings is 1. The number of nitrogens with zero attached hydrogens (tertiary/aromatic N) is 4. The topological polar surface area (TPSA) is 138 Å². The molecule has 3 aromatic heterocycles. The number of carbonyl (C=O) groups is 3. The van der Waals surface area contributed by atoms with Crippen LogP contribution in [-0.2, 0) is 32.2 Å². The van der Waals surface area contributed by atoms with E-state index >= 15 is 0 Å². The maximum atomic E-state index is 12.5. The zero-order valence-electron chi connectivity index (χ0n) is 23.7. The first-order valence-corrected chi connectivity index (χ1v) is 14.7. The summed E-state index contributed by atoms with van der Waals surface area (Å²) < 4.78 is 39.9.